The Morgan fingerprint density at radius 3 is 2.78 bits per heavy atom. The number of sulfonamides is 1. The number of hydrogen-bond donors (Lipinski definition) is 1. The quantitative estimate of drug-likeness (QED) is 0.908. The molecule has 1 heterocycles. The van der Waals surface area contributed by atoms with Gasteiger partial charge in [0.15, 0.2) is 0 Å². The summed E-state index contributed by atoms with van der Waals surface area (Å²) in [5.74, 6) is -0.310. The van der Waals surface area contributed by atoms with Crippen LogP contribution in [0.3, 0.4) is 0 Å². The number of likely N-dealkylation sites (tertiary alicyclic amines) is 1. The molecule has 2 N–H and O–H groups in total. The van der Waals surface area contributed by atoms with E-state index >= 15 is 0 Å². The molecule has 7 heteroatoms. The molecule has 100 valence electrons. The summed E-state index contributed by atoms with van der Waals surface area (Å²) in [6.45, 7) is 1.62. The first kappa shape index (κ1) is 13.9. The van der Waals surface area contributed by atoms with Crippen molar-refractivity contribution in [2.45, 2.75) is 18.2 Å². The van der Waals surface area contributed by atoms with Crippen LogP contribution in [-0.4, -0.2) is 31.7 Å². The van der Waals surface area contributed by atoms with E-state index in [1.165, 1.54) is 6.07 Å². The average Bonchev–Trinajstić information content (AvgIpc) is 2.72. The van der Waals surface area contributed by atoms with Gasteiger partial charge in [0, 0.05) is 13.1 Å². The summed E-state index contributed by atoms with van der Waals surface area (Å²) in [5.41, 5.74) is 0.825. The van der Waals surface area contributed by atoms with Crippen molar-refractivity contribution in [3.05, 3.63) is 34.1 Å². The molecule has 1 aliphatic heterocycles. The fourth-order valence-corrected chi connectivity index (χ4v) is 3.20. The van der Waals surface area contributed by atoms with Crippen molar-refractivity contribution in [3.63, 3.8) is 0 Å². The lowest BCUT2D eigenvalue weighted by atomic mass is 10.2. The highest BCUT2D eigenvalue weighted by Gasteiger charge is 2.30. The lowest BCUT2D eigenvalue weighted by molar-refractivity contribution is 0.331. The van der Waals surface area contributed by atoms with Crippen LogP contribution in [0.1, 0.15) is 12.0 Å². The van der Waals surface area contributed by atoms with Gasteiger partial charge >= 0.3 is 0 Å². The van der Waals surface area contributed by atoms with Crippen LogP contribution >= 0.6 is 15.9 Å². The van der Waals surface area contributed by atoms with Crippen molar-refractivity contribution < 1.29 is 12.8 Å². The van der Waals surface area contributed by atoms with Gasteiger partial charge in [-0.1, -0.05) is 6.07 Å². The Morgan fingerprint density at radius 2 is 2.22 bits per heavy atom. The van der Waals surface area contributed by atoms with E-state index in [1.807, 2.05) is 11.0 Å². The van der Waals surface area contributed by atoms with Crippen LogP contribution in [-0.2, 0) is 16.6 Å². The van der Waals surface area contributed by atoms with Gasteiger partial charge in [-0.15, -0.1) is 0 Å². The van der Waals surface area contributed by atoms with Crippen LogP contribution in [0.25, 0.3) is 0 Å². The second kappa shape index (κ2) is 5.24. The molecule has 1 aromatic rings. The predicted octanol–water partition coefficient (Wildman–Crippen LogP) is 1.45. The monoisotopic (exact) mass is 336 g/mol. The zero-order valence-corrected chi connectivity index (χ0v) is 12.0. The molecule has 1 aliphatic rings. The average molecular weight is 337 g/mol. The molecule has 0 aliphatic carbocycles. The normalized spacial score (nSPS) is 21.4. The van der Waals surface area contributed by atoms with E-state index in [-0.39, 0.29) is 5.82 Å². The molecule has 1 unspecified atom stereocenters. The van der Waals surface area contributed by atoms with Gasteiger partial charge in [0.1, 0.15) is 5.82 Å². The molecule has 2 rings (SSSR count). The van der Waals surface area contributed by atoms with E-state index in [9.17, 15) is 12.8 Å². The van der Waals surface area contributed by atoms with Gasteiger partial charge < -0.3 is 0 Å². The summed E-state index contributed by atoms with van der Waals surface area (Å²) in [4.78, 5) is 1.97. The number of rotatable bonds is 3. The van der Waals surface area contributed by atoms with Gasteiger partial charge in [-0.2, -0.15) is 0 Å². The molecule has 1 fully saturated rings. The number of halogens is 2. The summed E-state index contributed by atoms with van der Waals surface area (Å²) in [5, 5.41) is 4.62. The first-order valence-electron chi connectivity index (χ1n) is 5.54. The van der Waals surface area contributed by atoms with E-state index in [2.05, 4.69) is 15.9 Å². The molecule has 0 spiro atoms. The Morgan fingerprint density at radius 1 is 1.50 bits per heavy atom. The molecule has 0 amide bonds. The fourth-order valence-electron chi connectivity index (χ4n) is 2.11. The Kier molecular flexibility index (Phi) is 4.05. The Balaban J connectivity index is 2.01. The Hall–Kier alpha value is -0.500. The zero-order chi connectivity index (χ0) is 13.3. The van der Waals surface area contributed by atoms with Crippen molar-refractivity contribution in [2.75, 3.05) is 13.1 Å². The molecule has 0 aromatic heterocycles. The predicted molar refractivity (Wildman–Crippen MR) is 70.9 cm³/mol. The number of nitrogens with zero attached hydrogens (tertiary/aromatic N) is 1. The van der Waals surface area contributed by atoms with Crippen molar-refractivity contribution in [3.8, 4) is 0 Å². The minimum atomic E-state index is -3.47. The smallest absolute Gasteiger partial charge is 0.213 e. The first-order valence-corrected chi connectivity index (χ1v) is 7.94. The standard InChI is InChI=1S/C11H14BrFN2O2S/c12-10-2-1-8(5-11(10)13)6-15-4-3-9(7-15)18(14,16)17/h1-2,5,9H,3-4,6-7H2,(H2,14,16,17). The lowest BCUT2D eigenvalue weighted by Gasteiger charge is -2.15. The maximum atomic E-state index is 13.3. The molecular formula is C11H14BrFN2O2S. The van der Waals surface area contributed by atoms with E-state index in [0.717, 1.165) is 5.56 Å². The lowest BCUT2D eigenvalue weighted by Crippen LogP contribution is -2.31. The summed E-state index contributed by atoms with van der Waals surface area (Å²) in [6, 6.07) is 4.92. The van der Waals surface area contributed by atoms with Crippen LogP contribution in [0.2, 0.25) is 0 Å². The van der Waals surface area contributed by atoms with E-state index in [1.54, 1.807) is 6.07 Å². The molecule has 0 radical (unpaired) electrons. The number of hydrogen-bond acceptors (Lipinski definition) is 3. The van der Waals surface area contributed by atoms with E-state index in [0.29, 0.717) is 30.5 Å². The molecule has 0 saturated carbocycles. The van der Waals surface area contributed by atoms with Crippen LogP contribution in [0.4, 0.5) is 4.39 Å². The molecular weight excluding hydrogens is 323 g/mol. The molecule has 1 aromatic carbocycles. The van der Waals surface area contributed by atoms with Crippen molar-refractivity contribution in [1.82, 2.24) is 4.90 Å². The highest BCUT2D eigenvalue weighted by Crippen LogP contribution is 2.20. The SMILES string of the molecule is NS(=O)(=O)C1CCN(Cc2ccc(Br)c(F)c2)C1. The van der Waals surface area contributed by atoms with Crippen LogP contribution in [0.15, 0.2) is 22.7 Å². The zero-order valence-electron chi connectivity index (χ0n) is 9.64. The molecule has 4 nitrogen and oxygen atoms in total. The third-order valence-corrected chi connectivity index (χ3v) is 5.04. The van der Waals surface area contributed by atoms with Crippen molar-refractivity contribution >= 4 is 26.0 Å². The molecule has 18 heavy (non-hydrogen) atoms. The van der Waals surface area contributed by atoms with Gasteiger partial charge in [-0.05, 0) is 46.6 Å². The summed E-state index contributed by atoms with van der Waals surface area (Å²) in [7, 11) is -3.47. The van der Waals surface area contributed by atoms with Crippen LogP contribution in [0, 0.1) is 5.82 Å². The fraction of sp³-hybridized carbons (Fsp3) is 0.455. The first-order chi connectivity index (χ1) is 8.36. The van der Waals surface area contributed by atoms with E-state index < -0.39 is 15.3 Å². The van der Waals surface area contributed by atoms with Gasteiger partial charge in [-0.3, -0.25) is 4.90 Å². The number of primary sulfonamides is 1. The van der Waals surface area contributed by atoms with Crippen molar-refractivity contribution in [2.24, 2.45) is 5.14 Å². The third kappa shape index (κ3) is 3.28. The highest BCUT2D eigenvalue weighted by atomic mass is 79.9. The molecule has 1 saturated heterocycles. The minimum absolute atomic E-state index is 0.310. The molecule has 0 bridgehead atoms. The van der Waals surface area contributed by atoms with E-state index in [4.69, 9.17) is 5.14 Å². The second-order valence-electron chi connectivity index (χ2n) is 4.48. The van der Waals surface area contributed by atoms with Gasteiger partial charge in [0.2, 0.25) is 10.0 Å². The Labute approximate surface area is 114 Å². The van der Waals surface area contributed by atoms with Gasteiger partial charge in [0.05, 0.1) is 9.72 Å². The molecule has 1 atom stereocenters. The van der Waals surface area contributed by atoms with Gasteiger partial charge in [-0.25, -0.2) is 17.9 Å². The summed E-state index contributed by atoms with van der Waals surface area (Å²) >= 11 is 3.09. The largest absolute Gasteiger partial charge is 0.298 e. The number of nitrogens with two attached hydrogens (primary N) is 1. The highest BCUT2D eigenvalue weighted by molar-refractivity contribution is 9.10. The third-order valence-electron chi connectivity index (χ3n) is 3.08. The topological polar surface area (TPSA) is 63.4 Å². The summed E-state index contributed by atoms with van der Waals surface area (Å²) < 4.78 is 36.2. The Bertz CT molecular complexity index is 550. The van der Waals surface area contributed by atoms with Gasteiger partial charge in [0.25, 0.3) is 0 Å². The van der Waals surface area contributed by atoms with Crippen LogP contribution in [0.5, 0.6) is 0 Å². The maximum absolute atomic E-state index is 13.3. The number of benzene rings is 1. The van der Waals surface area contributed by atoms with Crippen LogP contribution < -0.4 is 5.14 Å². The minimum Gasteiger partial charge on any atom is -0.298 e. The van der Waals surface area contributed by atoms with Crippen molar-refractivity contribution in [1.29, 1.82) is 0 Å². The summed E-state index contributed by atoms with van der Waals surface area (Å²) in [6.07, 6.45) is 0.540. The second-order valence-corrected chi connectivity index (χ2v) is 7.18. The maximum Gasteiger partial charge on any atom is 0.213 e.